The summed E-state index contributed by atoms with van der Waals surface area (Å²) in [6.07, 6.45) is 3.19. The number of halogens is 1. The molecule has 0 spiro atoms. The number of hydrogen-bond donors (Lipinski definition) is 1. The zero-order chi connectivity index (χ0) is 12.4. The van der Waals surface area contributed by atoms with Crippen LogP contribution in [0.5, 0.6) is 0 Å². The molecule has 0 bridgehead atoms. The van der Waals surface area contributed by atoms with E-state index < -0.39 is 0 Å². The molecular weight excluding hydrogens is 239 g/mol. The van der Waals surface area contributed by atoms with Crippen molar-refractivity contribution in [3.05, 3.63) is 36.4 Å². The van der Waals surface area contributed by atoms with Crippen LogP contribution >= 0.6 is 0 Å². The molecule has 0 saturated heterocycles. The van der Waals surface area contributed by atoms with Gasteiger partial charge in [0.1, 0.15) is 5.82 Å². The van der Waals surface area contributed by atoms with Gasteiger partial charge in [-0.25, -0.2) is 8.91 Å². The van der Waals surface area contributed by atoms with Crippen LogP contribution in [-0.4, -0.2) is 31.3 Å². The summed E-state index contributed by atoms with van der Waals surface area (Å²) in [5.74, 6) is 0.613. The lowest BCUT2D eigenvalue weighted by Gasteiger charge is -1.96. The van der Waals surface area contributed by atoms with Gasteiger partial charge in [-0.05, 0) is 12.1 Å². The standard InChI is InChI=1S/C10H9FN6O/c11-7-1-2-8-15-10(16-17(8)5-7)12-4-3-9-13-6-14-18-9/h1-2,5-6H,3-4H2,(H,12,16). The van der Waals surface area contributed by atoms with Crippen LogP contribution in [0.25, 0.3) is 5.65 Å². The Morgan fingerprint density at radius 1 is 1.39 bits per heavy atom. The molecule has 0 radical (unpaired) electrons. The Labute approximate surface area is 101 Å². The molecular formula is C10H9FN6O. The number of fused-ring (bicyclic) bond motifs is 1. The van der Waals surface area contributed by atoms with Crippen LogP contribution in [0.2, 0.25) is 0 Å². The largest absolute Gasteiger partial charge is 0.352 e. The Bertz CT molecular complexity index is 649. The van der Waals surface area contributed by atoms with Crippen molar-refractivity contribution in [2.75, 3.05) is 11.9 Å². The number of aromatic nitrogens is 5. The smallest absolute Gasteiger partial charge is 0.243 e. The van der Waals surface area contributed by atoms with Gasteiger partial charge in [-0.15, -0.1) is 5.10 Å². The van der Waals surface area contributed by atoms with E-state index in [1.165, 1.54) is 23.1 Å². The van der Waals surface area contributed by atoms with Crippen molar-refractivity contribution in [2.24, 2.45) is 0 Å². The number of pyridine rings is 1. The second-order valence-corrected chi connectivity index (χ2v) is 3.60. The molecule has 0 atom stereocenters. The van der Waals surface area contributed by atoms with Crippen molar-refractivity contribution in [2.45, 2.75) is 6.42 Å². The molecule has 18 heavy (non-hydrogen) atoms. The fourth-order valence-corrected chi connectivity index (χ4v) is 1.52. The zero-order valence-corrected chi connectivity index (χ0v) is 9.25. The van der Waals surface area contributed by atoms with Gasteiger partial charge in [-0.2, -0.15) is 9.97 Å². The Kier molecular flexibility index (Phi) is 2.60. The fourth-order valence-electron chi connectivity index (χ4n) is 1.52. The molecule has 0 aliphatic carbocycles. The molecule has 0 aliphatic rings. The van der Waals surface area contributed by atoms with Gasteiger partial charge in [0.15, 0.2) is 12.0 Å². The van der Waals surface area contributed by atoms with Gasteiger partial charge in [-0.3, -0.25) is 0 Å². The molecule has 0 unspecified atom stereocenters. The van der Waals surface area contributed by atoms with Gasteiger partial charge >= 0.3 is 0 Å². The maximum Gasteiger partial charge on any atom is 0.243 e. The van der Waals surface area contributed by atoms with E-state index in [0.29, 0.717) is 30.5 Å². The highest BCUT2D eigenvalue weighted by molar-refractivity contribution is 5.42. The first-order valence-corrected chi connectivity index (χ1v) is 5.32. The summed E-state index contributed by atoms with van der Waals surface area (Å²) in [5, 5.41) is 10.6. The van der Waals surface area contributed by atoms with Crippen LogP contribution in [-0.2, 0) is 6.42 Å². The van der Waals surface area contributed by atoms with Crippen molar-refractivity contribution >= 4 is 11.6 Å². The third kappa shape index (κ3) is 2.12. The molecule has 3 heterocycles. The number of hydrogen-bond acceptors (Lipinski definition) is 6. The van der Waals surface area contributed by atoms with Crippen molar-refractivity contribution < 1.29 is 8.91 Å². The average Bonchev–Trinajstić information content (AvgIpc) is 2.97. The van der Waals surface area contributed by atoms with Gasteiger partial charge in [0.05, 0.1) is 6.20 Å². The maximum atomic E-state index is 12.9. The minimum absolute atomic E-state index is 0.357. The second kappa shape index (κ2) is 4.40. The zero-order valence-electron chi connectivity index (χ0n) is 9.25. The molecule has 8 heteroatoms. The molecule has 0 aromatic carbocycles. The fraction of sp³-hybridized carbons (Fsp3) is 0.200. The highest BCUT2D eigenvalue weighted by Gasteiger charge is 2.04. The molecule has 3 rings (SSSR count). The number of anilines is 1. The SMILES string of the molecule is Fc1ccc2nc(NCCc3ncno3)nn2c1. The Balaban J connectivity index is 1.67. The Morgan fingerprint density at radius 2 is 2.33 bits per heavy atom. The van der Waals surface area contributed by atoms with E-state index in [1.807, 2.05) is 0 Å². The van der Waals surface area contributed by atoms with E-state index in [4.69, 9.17) is 4.52 Å². The summed E-state index contributed by atoms with van der Waals surface area (Å²) in [7, 11) is 0. The third-order valence-corrected chi connectivity index (χ3v) is 2.32. The summed E-state index contributed by atoms with van der Waals surface area (Å²) < 4.78 is 19.2. The van der Waals surface area contributed by atoms with Crippen molar-refractivity contribution in [3.63, 3.8) is 0 Å². The summed E-state index contributed by atoms with van der Waals surface area (Å²) in [5.41, 5.74) is 0.580. The van der Waals surface area contributed by atoms with Gasteiger partial charge < -0.3 is 9.84 Å². The molecule has 0 saturated carbocycles. The van der Waals surface area contributed by atoms with E-state index in [9.17, 15) is 4.39 Å². The van der Waals surface area contributed by atoms with E-state index in [0.717, 1.165) is 0 Å². The summed E-state index contributed by atoms with van der Waals surface area (Å²) in [6, 6.07) is 2.90. The molecule has 0 aliphatic heterocycles. The quantitative estimate of drug-likeness (QED) is 0.739. The first kappa shape index (κ1) is 10.6. The molecule has 7 nitrogen and oxygen atoms in total. The van der Waals surface area contributed by atoms with Crippen LogP contribution in [0.1, 0.15) is 5.89 Å². The number of rotatable bonds is 4. The van der Waals surface area contributed by atoms with Crippen LogP contribution in [0.3, 0.4) is 0 Å². The van der Waals surface area contributed by atoms with E-state index in [2.05, 4.69) is 25.5 Å². The van der Waals surface area contributed by atoms with Gasteiger partial charge in [0.2, 0.25) is 11.8 Å². The second-order valence-electron chi connectivity index (χ2n) is 3.60. The Morgan fingerprint density at radius 3 is 3.17 bits per heavy atom. The molecule has 92 valence electrons. The first-order valence-electron chi connectivity index (χ1n) is 5.32. The predicted molar refractivity (Wildman–Crippen MR) is 59.4 cm³/mol. The minimum atomic E-state index is -0.357. The van der Waals surface area contributed by atoms with Crippen molar-refractivity contribution in [1.29, 1.82) is 0 Å². The summed E-state index contributed by atoms with van der Waals surface area (Å²) in [6.45, 7) is 0.557. The molecule has 3 aromatic heterocycles. The van der Waals surface area contributed by atoms with Gasteiger partial charge in [0.25, 0.3) is 0 Å². The highest BCUT2D eigenvalue weighted by atomic mass is 19.1. The summed E-state index contributed by atoms with van der Waals surface area (Å²) >= 11 is 0. The molecule has 0 amide bonds. The van der Waals surface area contributed by atoms with Crippen molar-refractivity contribution in [3.8, 4) is 0 Å². The number of nitrogens with zero attached hydrogens (tertiary/aromatic N) is 5. The van der Waals surface area contributed by atoms with Crippen LogP contribution in [0.4, 0.5) is 10.3 Å². The maximum absolute atomic E-state index is 12.9. The minimum Gasteiger partial charge on any atom is -0.352 e. The first-order chi connectivity index (χ1) is 8.81. The Hall–Kier alpha value is -2.51. The lowest BCUT2D eigenvalue weighted by atomic mass is 10.4. The van der Waals surface area contributed by atoms with Crippen LogP contribution < -0.4 is 5.32 Å². The topological polar surface area (TPSA) is 81.1 Å². The van der Waals surface area contributed by atoms with Crippen molar-refractivity contribution in [1.82, 2.24) is 24.7 Å². The predicted octanol–water partition coefficient (Wildman–Crippen LogP) is 0.906. The summed E-state index contributed by atoms with van der Waals surface area (Å²) in [4.78, 5) is 8.07. The lowest BCUT2D eigenvalue weighted by Crippen LogP contribution is -2.06. The van der Waals surface area contributed by atoms with Crippen LogP contribution in [0.15, 0.2) is 29.2 Å². The number of nitrogens with one attached hydrogen (secondary N) is 1. The van der Waals surface area contributed by atoms with Crippen LogP contribution in [0, 0.1) is 5.82 Å². The van der Waals surface area contributed by atoms with E-state index in [1.54, 1.807) is 6.07 Å². The normalized spacial score (nSPS) is 10.9. The molecule has 0 fully saturated rings. The highest BCUT2D eigenvalue weighted by Crippen LogP contribution is 2.06. The van der Waals surface area contributed by atoms with E-state index in [-0.39, 0.29) is 5.82 Å². The molecule has 3 aromatic rings. The lowest BCUT2D eigenvalue weighted by molar-refractivity contribution is 0.379. The van der Waals surface area contributed by atoms with Gasteiger partial charge in [-0.1, -0.05) is 5.16 Å². The molecule has 1 N–H and O–H groups in total. The third-order valence-electron chi connectivity index (χ3n) is 2.32. The van der Waals surface area contributed by atoms with Gasteiger partial charge in [0, 0.05) is 13.0 Å². The van der Waals surface area contributed by atoms with E-state index >= 15 is 0 Å². The monoisotopic (exact) mass is 248 g/mol. The average molecular weight is 248 g/mol.